The molecule has 2 fully saturated rings. The van der Waals surface area contributed by atoms with E-state index in [4.69, 9.17) is 14.2 Å². The first-order valence-electron chi connectivity index (χ1n) is 11.4. The SMILES string of the molecule is COc1ccc(C(=O)N[C@H]2CO[C@H]3[C@@H]2OC[C@@H]3n2cc(CN(C)Cc3ccccc3)nn2)cc1. The summed E-state index contributed by atoms with van der Waals surface area (Å²) in [5.41, 5.74) is 2.72. The smallest absolute Gasteiger partial charge is 0.251 e. The van der Waals surface area contributed by atoms with Gasteiger partial charge in [-0.15, -0.1) is 5.10 Å². The van der Waals surface area contributed by atoms with Crippen molar-refractivity contribution in [1.29, 1.82) is 0 Å². The number of ether oxygens (including phenoxy) is 3. The van der Waals surface area contributed by atoms with Crippen LogP contribution in [0.4, 0.5) is 0 Å². The van der Waals surface area contributed by atoms with Gasteiger partial charge in [-0.2, -0.15) is 0 Å². The summed E-state index contributed by atoms with van der Waals surface area (Å²) in [5, 5.41) is 11.8. The molecule has 5 rings (SSSR count). The van der Waals surface area contributed by atoms with E-state index in [-0.39, 0.29) is 30.2 Å². The number of aromatic nitrogens is 3. The van der Waals surface area contributed by atoms with Crippen molar-refractivity contribution in [3.63, 3.8) is 0 Å². The lowest BCUT2D eigenvalue weighted by atomic mass is 10.1. The van der Waals surface area contributed by atoms with Crippen LogP contribution in [0, 0.1) is 0 Å². The summed E-state index contributed by atoms with van der Waals surface area (Å²) in [5.74, 6) is 0.551. The number of methoxy groups -OCH3 is 1. The van der Waals surface area contributed by atoms with Crippen LogP contribution in [0.1, 0.15) is 27.7 Å². The molecular weight excluding hydrogens is 434 g/mol. The molecule has 0 radical (unpaired) electrons. The maximum atomic E-state index is 12.7. The molecule has 0 bridgehead atoms. The molecule has 2 aliphatic heterocycles. The van der Waals surface area contributed by atoms with Crippen molar-refractivity contribution < 1.29 is 19.0 Å². The van der Waals surface area contributed by atoms with Gasteiger partial charge in [-0.3, -0.25) is 9.69 Å². The lowest BCUT2D eigenvalue weighted by Crippen LogP contribution is -2.44. The molecule has 4 atom stereocenters. The molecule has 1 aromatic heterocycles. The Morgan fingerprint density at radius 2 is 1.85 bits per heavy atom. The highest BCUT2D eigenvalue weighted by atomic mass is 16.6. The predicted molar refractivity (Wildman–Crippen MR) is 124 cm³/mol. The van der Waals surface area contributed by atoms with Gasteiger partial charge in [-0.25, -0.2) is 4.68 Å². The average molecular weight is 464 g/mol. The fourth-order valence-electron chi connectivity index (χ4n) is 4.60. The normalized spacial score (nSPS) is 23.7. The van der Waals surface area contributed by atoms with Crippen molar-refractivity contribution in [2.75, 3.05) is 27.4 Å². The van der Waals surface area contributed by atoms with Crippen LogP contribution in [0.5, 0.6) is 5.75 Å². The van der Waals surface area contributed by atoms with Crippen LogP contribution in [-0.2, 0) is 22.6 Å². The van der Waals surface area contributed by atoms with Crippen LogP contribution in [0.25, 0.3) is 0 Å². The van der Waals surface area contributed by atoms with E-state index in [0.29, 0.717) is 31.1 Å². The molecule has 34 heavy (non-hydrogen) atoms. The van der Waals surface area contributed by atoms with Gasteiger partial charge in [-0.05, 0) is 36.9 Å². The molecule has 9 nitrogen and oxygen atoms in total. The third kappa shape index (κ3) is 4.82. The van der Waals surface area contributed by atoms with Crippen LogP contribution in [0.15, 0.2) is 60.8 Å². The number of amides is 1. The zero-order valence-corrected chi connectivity index (χ0v) is 19.3. The van der Waals surface area contributed by atoms with E-state index < -0.39 is 0 Å². The second kappa shape index (κ2) is 9.92. The van der Waals surface area contributed by atoms with Crippen LogP contribution in [0.3, 0.4) is 0 Å². The minimum atomic E-state index is -0.222. The Bertz CT molecular complexity index is 1100. The molecule has 178 valence electrons. The Kier molecular flexibility index (Phi) is 6.57. The third-order valence-electron chi connectivity index (χ3n) is 6.32. The topological polar surface area (TPSA) is 90.7 Å². The minimum absolute atomic E-state index is 0.0754. The number of benzene rings is 2. The maximum absolute atomic E-state index is 12.7. The van der Waals surface area contributed by atoms with Crippen molar-refractivity contribution in [1.82, 2.24) is 25.2 Å². The molecule has 0 unspecified atom stereocenters. The van der Waals surface area contributed by atoms with E-state index in [1.54, 1.807) is 31.4 Å². The zero-order valence-electron chi connectivity index (χ0n) is 19.3. The van der Waals surface area contributed by atoms with Gasteiger partial charge in [-0.1, -0.05) is 35.5 Å². The lowest BCUT2D eigenvalue weighted by Gasteiger charge is -2.18. The average Bonchev–Trinajstić information content (AvgIpc) is 3.57. The Balaban J connectivity index is 1.17. The molecule has 2 aliphatic rings. The molecule has 3 aromatic rings. The van der Waals surface area contributed by atoms with Gasteiger partial charge in [0.2, 0.25) is 0 Å². The third-order valence-corrected chi connectivity index (χ3v) is 6.32. The van der Waals surface area contributed by atoms with Gasteiger partial charge >= 0.3 is 0 Å². The molecule has 2 aromatic carbocycles. The number of carbonyl (C=O) groups excluding carboxylic acids is 1. The summed E-state index contributed by atoms with van der Waals surface area (Å²) in [6.07, 6.45) is 1.56. The van der Waals surface area contributed by atoms with Crippen LogP contribution in [-0.4, -0.2) is 71.4 Å². The van der Waals surface area contributed by atoms with E-state index in [2.05, 4.69) is 39.7 Å². The van der Waals surface area contributed by atoms with Gasteiger partial charge in [0.1, 0.15) is 24.0 Å². The van der Waals surface area contributed by atoms with Gasteiger partial charge in [0, 0.05) is 18.7 Å². The van der Waals surface area contributed by atoms with Crippen molar-refractivity contribution in [2.45, 2.75) is 37.4 Å². The van der Waals surface area contributed by atoms with Gasteiger partial charge < -0.3 is 19.5 Å². The van der Waals surface area contributed by atoms with E-state index in [0.717, 1.165) is 12.2 Å². The summed E-state index contributed by atoms with van der Waals surface area (Å²) in [6.45, 7) is 2.39. The largest absolute Gasteiger partial charge is 0.497 e. The predicted octanol–water partition coefficient (Wildman–Crippen LogP) is 2.06. The molecule has 0 spiro atoms. The van der Waals surface area contributed by atoms with Gasteiger partial charge in [0.15, 0.2) is 0 Å². The Hall–Kier alpha value is -3.27. The summed E-state index contributed by atoms with van der Waals surface area (Å²) in [7, 11) is 3.66. The fourth-order valence-corrected chi connectivity index (χ4v) is 4.60. The number of hydrogen-bond acceptors (Lipinski definition) is 7. The zero-order chi connectivity index (χ0) is 23.5. The highest BCUT2D eigenvalue weighted by Gasteiger charge is 2.49. The highest BCUT2D eigenvalue weighted by molar-refractivity contribution is 5.94. The Morgan fingerprint density at radius 3 is 2.62 bits per heavy atom. The number of rotatable bonds is 8. The number of fused-ring (bicyclic) bond motifs is 1. The fraction of sp³-hybridized carbons (Fsp3) is 0.400. The van der Waals surface area contributed by atoms with Crippen LogP contribution < -0.4 is 10.1 Å². The van der Waals surface area contributed by atoms with E-state index >= 15 is 0 Å². The summed E-state index contributed by atoms with van der Waals surface area (Å²) in [6, 6.07) is 17.1. The maximum Gasteiger partial charge on any atom is 0.251 e. The first-order valence-corrected chi connectivity index (χ1v) is 11.4. The number of carbonyl (C=O) groups is 1. The van der Waals surface area contributed by atoms with Crippen LogP contribution >= 0.6 is 0 Å². The van der Waals surface area contributed by atoms with Crippen molar-refractivity contribution in [3.8, 4) is 5.75 Å². The highest BCUT2D eigenvalue weighted by Crippen LogP contribution is 2.34. The quantitative estimate of drug-likeness (QED) is 0.547. The first-order chi connectivity index (χ1) is 16.6. The first kappa shape index (κ1) is 22.5. The molecule has 0 aliphatic carbocycles. The molecular formula is C25H29N5O4. The Morgan fingerprint density at radius 1 is 1.09 bits per heavy atom. The standard InChI is InChI=1S/C25H29N5O4/c1-29(12-17-6-4-3-5-7-17)13-19-14-30(28-27-19)22-16-34-23-21(15-33-24(22)23)26-25(31)18-8-10-20(32-2)11-9-18/h3-11,14,21-24H,12-13,15-16H2,1-2H3,(H,26,31)/t21-,22-,23+,24+/m0/s1. The van der Waals surface area contributed by atoms with E-state index in [1.165, 1.54) is 5.56 Å². The molecule has 1 N–H and O–H groups in total. The summed E-state index contributed by atoms with van der Waals surface area (Å²) >= 11 is 0. The van der Waals surface area contributed by atoms with Gasteiger partial charge in [0.05, 0.1) is 38.3 Å². The minimum Gasteiger partial charge on any atom is -0.497 e. The molecule has 1 amide bonds. The lowest BCUT2D eigenvalue weighted by molar-refractivity contribution is 0.0613. The van der Waals surface area contributed by atoms with E-state index in [1.807, 2.05) is 29.1 Å². The monoisotopic (exact) mass is 463 g/mol. The number of hydrogen-bond donors (Lipinski definition) is 1. The van der Waals surface area contributed by atoms with E-state index in [9.17, 15) is 4.79 Å². The summed E-state index contributed by atoms with van der Waals surface area (Å²) < 4.78 is 19.1. The number of nitrogens with zero attached hydrogens (tertiary/aromatic N) is 4. The Labute approximate surface area is 198 Å². The second-order valence-corrected chi connectivity index (χ2v) is 8.82. The van der Waals surface area contributed by atoms with Gasteiger partial charge in [0.25, 0.3) is 5.91 Å². The number of nitrogens with one attached hydrogen (secondary N) is 1. The van der Waals surface area contributed by atoms with Crippen molar-refractivity contribution in [2.24, 2.45) is 0 Å². The van der Waals surface area contributed by atoms with Crippen molar-refractivity contribution >= 4 is 5.91 Å². The molecule has 0 saturated carbocycles. The molecule has 3 heterocycles. The molecule has 9 heteroatoms. The van der Waals surface area contributed by atoms with Crippen molar-refractivity contribution in [3.05, 3.63) is 77.6 Å². The second-order valence-electron chi connectivity index (χ2n) is 8.82. The summed E-state index contributed by atoms with van der Waals surface area (Å²) in [4.78, 5) is 14.9. The molecule has 2 saturated heterocycles. The van der Waals surface area contributed by atoms with Crippen LogP contribution in [0.2, 0.25) is 0 Å².